The van der Waals surface area contributed by atoms with E-state index in [1.54, 1.807) is 6.20 Å². The lowest BCUT2D eigenvalue weighted by Gasteiger charge is -2.30. The van der Waals surface area contributed by atoms with E-state index in [1.807, 2.05) is 26.8 Å². The first-order chi connectivity index (χ1) is 11.4. The van der Waals surface area contributed by atoms with Crippen molar-refractivity contribution in [2.45, 2.75) is 58.5 Å². The third-order valence-electron chi connectivity index (χ3n) is 3.96. The number of carbonyl (C=O) groups is 1. The van der Waals surface area contributed by atoms with E-state index in [4.69, 9.17) is 14.2 Å². The minimum Gasteiger partial charge on any atom is -0.396 e. The number of rotatable bonds is 4. The molecule has 0 atom stereocenters. The minimum atomic E-state index is -0.750. The van der Waals surface area contributed by atoms with Gasteiger partial charge in [-0.25, -0.2) is 0 Å². The Morgan fingerprint density at radius 3 is 2.42 bits per heavy atom. The number of pyridine rings is 1. The fourth-order valence-electron chi connectivity index (χ4n) is 2.82. The molecule has 1 amide bonds. The van der Waals surface area contributed by atoms with Crippen LogP contribution in [0.2, 0.25) is 0 Å². The Balaban J connectivity index is 0.000000891. The Morgan fingerprint density at radius 2 is 1.88 bits per heavy atom. The van der Waals surface area contributed by atoms with E-state index in [2.05, 4.69) is 15.6 Å². The summed E-state index contributed by atoms with van der Waals surface area (Å²) in [6.07, 6.45) is 5.55. The summed E-state index contributed by atoms with van der Waals surface area (Å²) >= 11 is -0.750. The summed E-state index contributed by atoms with van der Waals surface area (Å²) < 4.78 is 16.6. The van der Waals surface area contributed by atoms with E-state index < -0.39 is 11.6 Å². The van der Waals surface area contributed by atoms with Crippen LogP contribution >= 0.6 is 0 Å². The Hall–Kier alpha value is -1.96. The molecule has 2 rings (SSSR count). The SMILES string of the molecule is Cc1cc(NC2CCC(C(=O)NC(C)C)CC2)c(N)cn1.O=S=O. The highest BCUT2D eigenvalue weighted by atomic mass is 32.1. The number of carbonyl (C=O) groups excluding carboxylic acids is 1. The lowest BCUT2D eigenvalue weighted by molar-refractivity contribution is -0.126. The first-order valence-corrected chi connectivity index (χ1v) is 8.74. The second-order valence-electron chi connectivity index (χ2n) is 6.34. The number of nitrogens with two attached hydrogens (primary N) is 1. The Labute approximate surface area is 146 Å². The zero-order valence-corrected chi connectivity index (χ0v) is 15.2. The smallest absolute Gasteiger partial charge is 0.335 e. The van der Waals surface area contributed by atoms with E-state index in [-0.39, 0.29) is 17.9 Å². The van der Waals surface area contributed by atoms with E-state index in [9.17, 15) is 4.79 Å². The molecule has 0 saturated heterocycles. The van der Waals surface area contributed by atoms with Crippen molar-refractivity contribution in [3.05, 3.63) is 18.0 Å². The second kappa shape index (κ2) is 10.0. The number of amides is 1. The minimum absolute atomic E-state index is 0.155. The van der Waals surface area contributed by atoms with Crippen LogP contribution in [-0.2, 0) is 16.4 Å². The molecule has 1 aliphatic rings. The van der Waals surface area contributed by atoms with E-state index in [0.717, 1.165) is 37.1 Å². The van der Waals surface area contributed by atoms with Crippen LogP contribution in [0.3, 0.4) is 0 Å². The summed E-state index contributed by atoms with van der Waals surface area (Å²) in [5.41, 5.74) is 8.54. The maximum atomic E-state index is 12.0. The normalized spacial score (nSPS) is 19.8. The topological polar surface area (TPSA) is 114 Å². The first-order valence-electron chi connectivity index (χ1n) is 8.08. The molecule has 7 nitrogen and oxygen atoms in total. The predicted octanol–water partition coefficient (Wildman–Crippen LogP) is 1.80. The van der Waals surface area contributed by atoms with Gasteiger partial charge in [-0.3, -0.25) is 9.78 Å². The van der Waals surface area contributed by atoms with Crippen molar-refractivity contribution >= 4 is 28.9 Å². The molecule has 1 heterocycles. The molecule has 0 aliphatic heterocycles. The number of aromatic nitrogens is 1. The van der Waals surface area contributed by atoms with Gasteiger partial charge >= 0.3 is 11.6 Å². The van der Waals surface area contributed by atoms with Gasteiger partial charge in [0.05, 0.1) is 17.6 Å². The highest BCUT2D eigenvalue weighted by molar-refractivity contribution is 7.51. The Bertz CT molecular complexity index is 581. The van der Waals surface area contributed by atoms with E-state index in [0.29, 0.717) is 11.7 Å². The number of nitrogen functional groups attached to an aromatic ring is 1. The van der Waals surface area contributed by atoms with Gasteiger partial charge < -0.3 is 16.4 Å². The number of anilines is 2. The lowest BCUT2D eigenvalue weighted by atomic mass is 9.85. The Morgan fingerprint density at radius 1 is 1.29 bits per heavy atom. The third-order valence-corrected chi connectivity index (χ3v) is 3.96. The monoisotopic (exact) mass is 354 g/mol. The largest absolute Gasteiger partial charge is 0.396 e. The van der Waals surface area contributed by atoms with Gasteiger partial charge in [-0.05, 0) is 52.5 Å². The number of nitrogens with one attached hydrogen (secondary N) is 2. The third kappa shape index (κ3) is 6.66. The van der Waals surface area contributed by atoms with Gasteiger partial charge in [-0.1, -0.05) is 0 Å². The summed E-state index contributed by atoms with van der Waals surface area (Å²) in [7, 11) is 0. The van der Waals surface area contributed by atoms with E-state index >= 15 is 0 Å². The fourth-order valence-corrected chi connectivity index (χ4v) is 2.82. The number of hydrogen-bond donors (Lipinski definition) is 3. The van der Waals surface area contributed by atoms with Gasteiger partial charge in [0.1, 0.15) is 0 Å². The first kappa shape index (κ1) is 20.1. The molecule has 0 unspecified atom stereocenters. The van der Waals surface area contributed by atoms with Crippen molar-refractivity contribution in [3.63, 3.8) is 0 Å². The predicted molar refractivity (Wildman–Crippen MR) is 95.0 cm³/mol. The number of hydrogen-bond acceptors (Lipinski definition) is 6. The fraction of sp³-hybridized carbons (Fsp3) is 0.625. The molecule has 24 heavy (non-hydrogen) atoms. The van der Waals surface area contributed by atoms with Crippen LogP contribution in [0.1, 0.15) is 45.2 Å². The van der Waals surface area contributed by atoms with Crippen LogP contribution in [-0.4, -0.2) is 31.4 Å². The summed E-state index contributed by atoms with van der Waals surface area (Å²) in [6, 6.07) is 2.58. The van der Waals surface area contributed by atoms with Crippen LogP contribution in [0.15, 0.2) is 12.3 Å². The van der Waals surface area contributed by atoms with Gasteiger partial charge in [-0.2, -0.15) is 8.42 Å². The van der Waals surface area contributed by atoms with Crippen molar-refractivity contribution in [1.29, 1.82) is 0 Å². The van der Waals surface area contributed by atoms with Crippen LogP contribution in [0.25, 0.3) is 0 Å². The summed E-state index contributed by atoms with van der Waals surface area (Å²) in [5.74, 6) is 0.352. The molecule has 1 saturated carbocycles. The van der Waals surface area contributed by atoms with Crippen LogP contribution in [0.4, 0.5) is 11.4 Å². The lowest BCUT2D eigenvalue weighted by Crippen LogP contribution is -2.38. The summed E-state index contributed by atoms with van der Waals surface area (Å²) in [6.45, 7) is 5.96. The zero-order chi connectivity index (χ0) is 18.1. The van der Waals surface area contributed by atoms with Crippen LogP contribution in [0.5, 0.6) is 0 Å². The van der Waals surface area contributed by atoms with Crippen molar-refractivity contribution in [2.75, 3.05) is 11.1 Å². The maximum absolute atomic E-state index is 12.0. The quantitative estimate of drug-likeness (QED) is 0.759. The van der Waals surface area contributed by atoms with Gasteiger partial charge in [0.2, 0.25) is 5.91 Å². The number of aryl methyl sites for hydroxylation is 1. The highest BCUT2D eigenvalue weighted by Crippen LogP contribution is 2.28. The van der Waals surface area contributed by atoms with Gasteiger partial charge in [-0.15, -0.1) is 0 Å². The molecular weight excluding hydrogens is 328 g/mol. The van der Waals surface area contributed by atoms with Crippen molar-refractivity contribution in [1.82, 2.24) is 10.3 Å². The molecule has 1 aromatic rings. The zero-order valence-electron chi connectivity index (χ0n) is 14.4. The standard InChI is InChI=1S/C16H26N4O.O2S/c1-10(2)19-16(21)12-4-6-13(7-5-12)20-15-8-11(3)18-9-14(15)17;1-3-2/h8-10,12-13H,4-7,17H2,1-3H3,(H,18,20)(H,19,21);. The van der Waals surface area contributed by atoms with E-state index in [1.165, 1.54) is 0 Å². The summed E-state index contributed by atoms with van der Waals surface area (Å²) in [4.78, 5) is 16.2. The molecule has 8 heteroatoms. The molecule has 0 aromatic carbocycles. The molecule has 1 fully saturated rings. The van der Waals surface area contributed by atoms with Gasteiger partial charge in [0, 0.05) is 23.7 Å². The molecule has 4 N–H and O–H groups in total. The molecular formula is C16H26N4O3S. The van der Waals surface area contributed by atoms with Gasteiger partial charge in [0.15, 0.2) is 0 Å². The average molecular weight is 354 g/mol. The molecule has 1 aliphatic carbocycles. The van der Waals surface area contributed by atoms with Crippen molar-refractivity contribution in [3.8, 4) is 0 Å². The Kier molecular flexibility index (Phi) is 8.39. The van der Waals surface area contributed by atoms with Crippen LogP contribution in [0, 0.1) is 12.8 Å². The second-order valence-corrected chi connectivity index (χ2v) is 6.47. The summed E-state index contributed by atoms with van der Waals surface area (Å²) in [5, 5.41) is 6.50. The molecule has 0 bridgehead atoms. The molecule has 0 spiro atoms. The van der Waals surface area contributed by atoms with Gasteiger partial charge in [0.25, 0.3) is 0 Å². The average Bonchev–Trinajstić information content (AvgIpc) is 2.52. The molecule has 134 valence electrons. The maximum Gasteiger partial charge on any atom is 0.335 e. The molecule has 0 radical (unpaired) electrons. The number of nitrogens with zero attached hydrogens (tertiary/aromatic N) is 1. The van der Waals surface area contributed by atoms with Crippen LogP contribution < -0.4 is 16.4 Å². The van der Waals surface area contributed by atoms with Crippen molar-refractivity contribution in [2.24, 2.45) is 5.92 Å². The van der Waals surface area contributed by atoms with Crippen molar-refractivity contribution < 1.29 is 13.2 Å². The highest BCUT2D eigenvalue weighted by Gasteiger charge is 2.26. The molecule has 1 aromatic heterocycles.